The molecule has 5 nitrogen and oxygen atoms in total. The smallest absolute Gasteiger partial charge is 0.269 e. The number of carbonyl (C=O) groups excluding carboxylic acids is 1. The van der Waals surface area contributed by atoms with Crippen LogP contribution in [-0.2, 0) is 9.63 Å². The summed E-state index contributed by atoms with van der Waals surface area (Å²) in [6, 6.07) is 13.1. The van der Waals surface area contributed by atoms with Crippen LogP contribution in [0.25, 0.3) is 0 Å². The molecule has 0 N–H and O–H groups in total. The Morgan fingerprint density at radius 2 is 2.00 bits per heavy atom. The molecule has 1 aliphatic rings. The van der Waals surface area contributed by atoms with Crippen molar-refractivity contribution in [3.63, 3.8) is 0 Å². The van der Waals surface area contributed by atoms with E-state index in [1.165, 1.54) is 17.0 Å². The number of ether oxygens (including phenoxy) is 1. The van der Waals surface area contributed by atoms with Gasteiger partial charge in [0.05, 0.1) is 12.3 Å². The molecule has 0 fully saturated rings. The second-order valence-electron chi connectivity index (χ2n) is 6.55. The first-order valence-electron chi connectivity index (χ1n) is 8.53. The van der Waals surface area contributed by atoms with E-state index in [0.29, 0.717) is 29.4 Å². The normalized spacial score (nSPS) is 18.6. The molecule has 0 aliphatic carbocycles. The molecule has 7 heteroatoms. The number of oxime groups is 1. The Bertz CT molecular complexity index is 857. The Morgan fingerprint density at radius 1 is 1.30 bits per heavy atom. The topological polar surface area (TPSA) is 51.1 Å². The maximum atomic E-state index is 12.9. The Morgan fingerprint density at radius 3 is 2.70 bits per heavy atom. The largest absolute Gasteiger partial charge is 0.492 e. The van der Waals surface area contributed by atoms with Crippen molar-refractivity contribution in [1.29, 1.82) is 0 Å². The standard InChI is InChI=1S/C20H20ClFN2O3/c1-20(13-18(23-27-20)16-5-3-4-6-17(16)21)19(25)24(2)11-12-26-15-9-7-14(22)8-10-15/h3-10H,11-13H2,1-2H3/t20-/m1/s1. The van der Waals surface area contributed by atoms with Gasteiger partial charge in [0, 0.05) is 24.1 Å². The van der Waals surface area contributed by atoms with Gasteiger partial charge < -0.3 is 14.5 Å². The summed E-state index contributed by atoms with van der Waals surface area (Å²) in [7, 11) is 1.68. The number of carbonyl (C=O) groups is 1. The molecular weight excluding hydrogens is 371 g/mol. The molecule has 1 amide bonds. The first-order valence-corrected chi connectivity index (χ1v) is 8.91. The summed E-state index contributed by atoms with van der Waals surface area (Å²) in [5.41, 5.74) is 0.324. The van der Waals surface area contributed by atoms with Crippen LogP contribution in [0.15, 0.2) is 53.7 Å². The van der Waals surface area contributed by atoms with Gasteiger partial charge in [0.25, 0.3) is 5.91 Å². The van der Waals surface area contributed by atoms with E-state index < -0.39 is 5.60 Å². The van der Waals surface area contributed by atoms with Crippen molar-refractivity contribution in [2.75, 3.05) is 20.2 Å². The van der Waals surface area contributed by atoms with Crippen LogP contribution < -0.4 is 4.74 Å². The fourth-order valence-electron chi connectivity index (χ4n) is 2.83. The lowest BCUT2D eigenvalue weighted by atomic mass is 9.94. The Balaban J connectivity index is 1.55. The number of likely N-dealkylation sites (N-methyl/N-ethyl adjacent to an activating group) is 1. The average Bonchev–Trinajstić information content (AvgIpc) is 3.06. The Labute approximate surface area is 162 Å². The van der Waals surface area contributed by atoms with Crippen LogP contribution in [0.4, 0.5) is 4.39 Å². The lowest BCUT2D eigenvalue weighted by Crippen LogP contribution is -2.46. The van der Waals surface area contributed by atoms with Gasteiger partial charge in [-0.05, 0) is 37.3 Å². The predicted molar refractivity (Wildman–Crippen MR) is 102 cm³/mol. The molecule has 0 saturated carbocycles. The van der Waals surface area contributed by atoms with E-state index in [1.807, 2.05) is 18.2 Å². The van der Waals surface area contributed by atoms with Gasteiger partial charge in [-0.2, -0.15) is 0 Å². The highest BCUT2D eigenvalue weighted by molar-refractivity contribution is 6.34. The molecule has 1 heterocycles. The van der Waals surface area contributed by atoms with E-state index in [2.05, 4.69) is 5.16 Å². The van der Waals surface area contributed by atoms with Crippen molar-refractivity contribution in [2.24, 2.45) is 5.16 Å². The molecule has 0 bridgehead atoms. The summed E-state index contributed by atoms with van der Waals surface area (Å²) in [6.07, 6.45) is 0.332. The predicted octanol–water partition coefficient (Wildman–Crippen LogP) is 3.90. The molecule has 3 rings (SSSR count). The van der Waals surface area contributed by atoms with E-state index in [4.69, 9.17) is 21.2 Å². The third-order valence-electron chi connectivity index (χ3n) is 4.36. The molecule has 1 atom stereocenters. The van der Waals surface area contributed by atoms with Crippen LogP contribution in [-0.4, -0.2) is 42.3 Å². The number of nitrogens with zero attached hydrogens (tertiary/aromatic N) is 2. The van der Waals surface area contributed by atoms with Crippen LogP contribution >= 0.6 is 11.6 Å². The van der Waals surface area contributed by atoms with Crippen molar-refractivity contribution in [1.82, 2.24) is 4.90 Å². The summed E-state index contributed by atoms with van der Waals surface area (Å²) in [4.78, 5) is 19.8. The van der Waals surface area contributed by atoms with Crippen molar-refractivity contribution < 1.29 is 18.8 Å². The zero-order chi connectivity index (χ0) is 19.4. The minimum Gasteiger partial charge on any atom is -0.492 e. The highest BCUT2D eigenvalue weighted by Gasteiger charge is 2.44. The van der Waals surface area contributed by atoms with Crippen molar-refractivity contribution >= 4 is 23.2 Å². The molecule has 0 radical (unpaired) electrons. The molecule has 142 valence electrons. The monoisotopic (exact) mass is 390 g/mol. The van der Waals surface area contributed by atoms with Crippen molar-refractivity contribution in [3.05, 3.63) is 64.9 Å². The Hall–Kier alpha value is -2.60. The quantitative estimate of drug-likeness (QED) is 0.751. The summed E-state index contributed by atoms with van der Waals surface area (Å²) < 4.78 is 18.4. The fourth-order valence-corrected chi connectivity index (χ4v) is 3.08. The molecule has 2 aromatic carbocycles. The van der Waals surface area contributed by atoms with E-state index in [-0.39, 0.29) is 18.3 Å². The molecule has 0 aromatic heterocycles. The first-order chi connectivity index (χ1) is 12.9. The molecule has 0 unspecified atom stereocenters. The maximum absolute atomic E-state index is 12.9. The van der Waals surface area contributed by atoms with Gasteiger partial charge in [-0.25, -0.2) is 4.39 Å². The molecule has 0 spiro atoms. The molecule has 2 aromatic rings. The van der Waals surface area contributed by atoms with Gasteiger partial charge in [0.1, 0.15) is 18.2 Å². The highest BCUT2D eigenvalue weighted by Crippen LogP contribution is 2.30. The molecular formula is C20H20ClFN2O3. The molecule has 27 heavy (non-hydrogen) atoms. The fraction of sp³-hybridized carbons (Fsp3) is 0.300. The van der Waals surface area contributed by atoms with Crippen molar-refractivity contribution in [3.8, 4) is 5.75 Å². The van der Waals surface area contributed by atoms with Gasteiger partial charge in [-0.1, -0.05) is 35.0 Å². The van der Waals surface area contributed by atoms with Gasteiger partial charge in [-0.3, -0.25) is 4.79 Å². The highest BCUT2D eigenvalue weighted by atomic mass is 35.5. The van der Waals surface area contributed by atoms with Crippen LogP contribution in [0.1, 0.15) is 18.9 Å². The van der Waals surface area contributed by atoms with Crippen molar-refractivity contribution in [2.45, 2.75) is 18.9 Å². The lowest BCUT2D eigenvalue weighted by molar-refractivity contribution is -0.152. The van der Waals surface area contributed by atoms with Crippen LogP contribution in [0.3, 0.4) is 0 Å². The SMILES string of the molecule is CN(CCOc1ccc(F)cc1)C(=O)[C@@]1(C)CC(c2ccccc2Cl)=NO1. The van der Waals surface area contributed by atoms with Gasteiger partial charge in [-0.15, -0.1) is 0 Å². The number of rotatable bonds is 6. The number of benzene rings is 2. The van der Waals surface area contributed by atoms with E-state index in [9.17, 15) is 9.18 Å². The van der Waals surface area contributed by atoms with Gasteiger partial charge >= 0.3 is 0 Å². The van der Waals surface area contributed by atoms with Gasteiger partial charge in [0.15, 0.2) is 0 Å². The average molecular weight is 391 g/mol. The summed E-state index contributed by atoms with van der Waals surface area (Å²) in [5, 5.41) is 4.64. The second-order valence-corrected chi connectivity index (χ2v) is 6.95. The number of amides is 1. The zero-order valence-electron chi connectivity index (χ0n) is 15.1. The summed E-state index contributed by atoms with van der Waals surface area (Å²) in [6.45, 7) is 2.35. The third-order valence-corrected chi connectivity index (χ3v) is 4.68. The zero-order valence-corrected chi connectivity index (χ0v) is 15.9. The van der Waals surface area contributed by atoms with Crippen LogP contribution in [0, 0.1) is 5.82 Å². The molecule has 1 aliphatic heterocycles. The summed E-state index contributed by atoms with van der Waals surface area (Å²) in [5.74, 6) is 0.0243. The minimum absolute atomic E-state index is 0.198. The van der Waals surface area contributed by atoms with Crippen LogP contribution in [0.2, 0.25) is 5.02 Å². The lowest BCUT2D eigenvalue weighted by Gasteiger charge is -2.27. The molecule has 0 saturated heterocycles. The number of hydrogen-bond donors (Lipinski definition) is 0. The minimum atomic E-state index is -1.08. The van der Waals surface area contributed by atoms with E-state index in [1.54, 1.807) is 32.2 Å². The van der Waals surface area contributed by atoms with Crippen LogP contribution in [0.5, 0.6) is 5.75 Å². The second kappa shape index (κ2) is 7.96. The Kier molecular flexibility index (Phi) is 5.65. The van der Waals surface area contributed by atoms with E-state index in [0.717, 1.165) is 5.56 Å². The maximum Gasteiger partial charge on any atom is 0.269 e. The number of hydrogen-bond acceptors (Lipinski definition) is 4. The third kappa shape index (κ3) is 4.39. The number of halogens is 2. The first kappa shape index (κ1) is 19.2. The van der Waals surface area contributed by atoms with Gasteiger partial charge in [0.2, 0.25) is 5.60 Å². The van der Waals surface area contributed by atoms with E-state index >= 15 is 0 Å². The summed E-state index contributed by atoms with van der Waals surface area (Å²) >= 11 is 6.20.